The van der Waals surface area contributed by atoms with Gasteiger partial charge in [-0.1, -0.05) is 77.6 Å². The van der Waals surface area contributed by atoms with Gasteiger partial charge in [-0.15, -0.1) is 0 Å². The number of nitrogens with zero attached hydrogens (tertiary/aromatic N) is 5. The molecule has 0 N–H and O–H groups in total. The summed E-state index contributed by atoms with van der Waals surface area (Å²) < 4.78 is 0. The van der Waals surface area contributed by atoms with Crippen LogP contribution in [0.4, 0.5) is 9.59 Å². The highest BCUT2D eigenvalue weighted by Crippen LogP contribution is 2.15. The number of amides is 4. The van der Waals surface area contributed by atoms with Crippen LogP contribution >= 0.6 is 0 Å². The Morgan fingerprint density at radius 3 is 1.58 bits per heavy atom. The second-order valence-electron chi connectivity index (χ2n) is 10.8. The van der Waals surface area contributed by atoms with Gasteiger partial charge in [0.2, 0.25) is 0 Å². The summed E-state index contributed by atoms with van der Waals surface area (Å²) in [6.07, 6.45) is 17.3. The molecule has 0 aromatic rings. The van der Waals surface area contributed by atoms with E-state index in [0.29, 0.717) is 0 Å². The van der Waals surface area contributed by atoms with Gasteiger partial charge < -0.3 is 19.6 Å². The molecule has 7 nitrogen and oxygen atoms in total. The minimum atomic E-state index is 0.176. The maximum Gasteiger partial charge on any atom is 0.320 e. The van der Waals surface area contributed by atoms with Crippen LogP contribution < -0.4 is 0 Å². The van der Waals surface area contributed by atoms with Crippen molar-refractivity contribution in [3.05, 3.63) is 0 Å². The van der Waals surface area contributed by atoms with E-state index < -0.39 is 0 Å². The van der Waals surface area contributed by atoms with Gasteiger partial charge in [-0.3, -0.25) is 4.90 Å². The molecule has 4 amide bonds. The molecule has 0 bridgehead atoms. The average Bonchev–Trinajstić information content (AvgIpc) is 3.24. The molecule has 0 atom stereocenters. The summed E-state index contributed by atoms with van der Waals surface area (Å²) in [6.45, 7) is 16.0. The van der Waals surface area contributed by atoms with Gasteiger partial charge in [-0.2, -0.15) is 0 Å². The zero-order chi connectivity index (χ0) is 26.0. The lowest BCUT2D eigenvalue weighted by atomic mass is 10.1. The van der Waals surface area contributed by atoms with Crippen molar-refractivity contribution < 1.29 is 9.59 Å². The van der Waals surface area contributed by atoms with E-state index >= 15 is 0 Å². The maximum absolute atomic E-state index is 12.7. The van der Waals surface area contributed by atoms with E-state index in [1.807, 2.05) is 28.5 Å². The van der Waals surface area contributed by atoms with Crippen molar-refractivity contribution in [1.29, 1.82) is 0 Å². The standard InChI is InChI=1S/C29H57N5O2/c1-4-7-8-9-10-11-12-13-14-15-16-17-20-32-26-27-33(29(32)36)21-18-19-30-22-24-34(25-23-30)28(35)31(5-2)6-3/h4-27H2,1-3H3. The summed E-state index contributed by atoms with van der Waals surface area (Å²) >= 11 is 0. The Kier molecular flexibility index (Phi) is 16.0. The number of carbonyl (C=O) groups excluding carboxylic acids is 2. The predicted octanol–water partition coefficient (Wildman–Crippen LogP) is 5.89. The zero-order valence-corrected chi connectivity index (χ0v) is 24.0. The van der Waals surface area contributed by atoms with Gasteiger partial charge >= 0.3 is 12.1 Å². The third-order valence-electron chi connectivity index (χ3n) is 8.04. The number of urea groups is 2. The fourth-order valence-corrected chi connectivity index (χ4v) is 5.53. The highest BCUT2D eigenvalue weighted by molar-refractivity contribution is 5.76. The molecule has 0 radical (unpaired) electrons. The first-order valence-electron chi connectivity index (χ1n) is 15.4. The van der Waals surface area contributed by atoms with E-state index in [-0.39, 0.29) is 12.1 Å². The number of carbonyl (C=O) groups is 2. The molecule has 2 rings (SSSR count). The molecule has 2 aliphatic heterocycles. The quantitative estimate of drug-likeness (QED) is 0.205. The molecule has 36 heavy (non-hydrogen) atoms. The normalized spacial score (nSPS) is 16.9. The van der Waals surface area contributed by atoms with E-state index in [0.717, 1.165) is 84.8 Å². The van der Waals surface area contributed by atoms with Crippen LogP contribution in [0.15, 0.2) is 0 Å². The molecule has 0 unspecified atom stereocenters. The highest BCUT2D eigenvalue weighted by Gasteiger charge is 2.28. The lowest BCUT2D eigenvalue weighted by Crippen LogP contribution is -2.53. The van der Waals surface area contributed by atoms with Gasteiger partial charge in [0, 0.05) is 65.4 Å². The smallest absolute Gasteiger partial charge is 0.320 e. The van der Waals surface area contributed by atoms with Crippen LogP contribution in [0.5, 0.6) is 0 Å². The minimum Gasteiger partial charge on any atom is -0.325 e. The Bertz CT molecular complexity index is 590. The molecule has 2 fully saturated rings. The molecular weight excluding hydrogens is 450 g/mol. The predicted molar refractivity (Wildman–Crippen MR) is 151 cm³/mol. The molecule has 2 heterocycles. The Hall–Kier alpha value is -1.50. The Balaban J connectivity index is 1.46. The van der Waals surface area contributed by atoms with Crippen LogP contribution in [0.2, 0.25) is 0 Å². The third-order valence-corrected chi connectivity index (χ3v) is 8.04. The molecule has 0 aromatic heterocycles. The molecule has 210 valence electrons. The van der Waals surface area contributed by atoms with E-state index in [2.05, 4.69) is 16.7 Å². The summed E-state index contributed by atoms with van der Waals surface area (Å²) in [6, 6.07) is 0.420. The lowest BCUT2D eigenvalue weighted by molar-refractivity contribution is 0.113. The molecule has 0 aliphatic carbocycles. The second-order valence-corrected chi connectivity index (χ2v) is 10.8. The van der Waals surface area contributed by atoms with Gasteiger partial charge in [0.05, 0.1) is 0 Å². The van der Waals surface area contributed by atoms with Crippen molar-refractivity contribution in [2.75, 3.05) is 72.0 Å². The largest absolute Gasteiger partial charge is 0.325 e. The first kappa shape index (κ1) is 30.7. The summed E-state index contributed by atoms with van der Waals surface area (Å²) in [5.74, 6) is 0. The van der Waals surface area contributed by atoms with Gasteiger partial charge in [0.1, 0.15) is 0 Å². The number of piperazine rings is 1. The van der Waals surface area contributed by atoms with Crippen molar-refractivity contribution in [2.24, 2.45) is 0 Å². The number of hydrogen-bond donors (Lipinski definition) is 0. The average molecular weight is 508 g/mol. The van der Waals surface area contributed by atoms with E-state index in [9.17, 15) is 9.59 Å². The van der Waals surface area contributed by atoms with E-state index in [1.54, 1.807) is 0 Å². The van der Waals surface area contributed by atoms with E-state index in [4.69, 9.17) is 0 Å². The Morgan fingerprint density at radius 1 is 0.611 bits per heavy atom. The van der Waals surface area contributed by atoms with Crippen LogP contribution in [-0.2, 0) is 0 Å². The number of hydrogen-bond acceptors (Lipinski definition) is 3. The summed E-state index contributed by atoms with van der Waals surface area (Å²) in [4.78, 5) is 35.7. The van der Waals surface area contributed by atoms with Gasteiger partial charge in [0.15, 0.2) is 0 Å². The third kappa shape index (κ3) is 11.3. The monoisotopic (exact) mass is 507 g/mol. The van der Waals surface area contributed by atoms with Crippen LogP contribution in [0, 0.1) is 0 Å². The molecule has 0 aromatic carbocycles. The maximum atomic E-state index is 12.7. The van der Waals surface area contributed by atoms with Crippen molar-refractivity contribution in [2.45, 2.75) is 104 Å². The van der Waals surface area contributed by atoms with Gasteiger partial charge in [-0.25, -0.2) is 9.59 Å². The summed E-state index contributed by atoms with van der Waals surface area (Å²) in [5.41, 5.74) is 0. The van der Waals surface area contributed by atoms with Crippen LogP contribution in [0.25, 0.3) is 0 Å². The highest BCUT2D eigenvalue weighted by atomic mass is 16.2. The van der Waals surface area contributed by atoms with Crippen molar-refractivity contribution in [3.8, 4) is 0 Å². The van der Waals surface area contributed by atoms with Crippen molar-refractivity contribution in [1.82, 2.24) is 24.5 Å². The molecule has 2 saturated heterocycles. The fourth-order valence-electron chi connectivity index (χ4n) is 5.53. The number of unbranched alkanes of at least 4 members (excludes halogenated alkanes) is 11. The van der Waals surface area contributed by atoms with Crippen molar-refractivity contribution in [3.63, 3.8) is 0 Å². The van der Waals surface area contributed by atoms with Crippen LogP contribution in [0.1, 0.15) is 104 Å². The topological polar surface area (TPSA) is 50.3 Å². The molecule has 0 spiro atoms. The molecular formula is C29H57N5O2. The molecule has 0 saturated carbocycles. The van der Waals surface area contributed by atoms with Crippen LogP contribution in [-0.4, -0.2) is 109 Å². The minimum absolute atomic E-state index is 0.176. The first-order valence-corrected chi connectivity index (χ1v) is 15.4. The fraction of sp³-hybridized carbons (Fsp3) is 0.931. The SMILES string of the molecule is CCCCCCCCCCCCCCN1CCN(CCCN2CCN(C(=O)N(CC)CC)CC2)C1=O. The molecule has 2 aliphatic rings. The first-order chi connectivity index (χ1) is 17.6. The van der Waals surface area contributed by atoms with Gasteiger partial charge in [-0.05, 0) is 33.2 Å². The Morgan fingerprint density at radius 2 is 1.08 bits per heavy atom. The van der Waals surface area contributed by atoms with E-state index in [1.165, 1.54) is 70.6 Å². The van der Waals surface area contributed by atoms with Gasteiger partial charge in [0.25, 0.3) is 0 Å². The second kappa shape index (κ2) is 18.7. The summed E-state index contributed by atoms with van der Waals surface area (Å²) in [5, 5.41) is 0. The zero-order valence-electron chi connectivity index (χ0n) is 24.0. The molecule has 7 heteroatoms. The lowest BCUT2D eigenvalue weighted by Gasteiger charge is -2.37. The van der Waals surface area contributed by atoms with Crippen molar-refractivity contribution >= 4 is 12.1 Å². The number of rotatable bonds is 19. The summed E-state index contributed by atoms with van der Waals surface area (Å²) in [7, 11) is 0. The van der Waals surface area contributed by atoms with Crippen LogP contribution in [0.3, 0.4) is 0 Å². The Labute approximate surface area is 222 Å².